The fourth-order valence-corrected chi connectivity index (χ4v) is 2.77. The topological polar surface area (TPSA) is 17.1 Å². The molecule has 0 bridgehead atoms. The Labute approximate surface area is 108 Å². The van der Waals surface area contributed by atoms with Crippen LogP contribution in [0.15, 0.2) is 23.3 Å². The Morgan fingerprint density at radius 2 is 2.13 bits per heavy atom. The van der Waals surface area contributed by atoms with Gasteiger partial charge in [-0.3, -0.25) is 4.79 Å². The molecular formula is C12H16Br2O. The minimum Gasteiger partial charge on any atom is -0.294 e. The van der Waals surface area contributed by atoms with Crippen molar-refractivity contribution >= 4 is 37.6 Å². The quantitative estimate of drug-likeness (QED) is 0.700. The Balaban J connectivity index is 2.81. The molecule has 1 nitrogen and oxygen atoms in total. The first-order valence-electron chi connectivity index (χ1n) is 5.12. The van der Waals surface area contributed by atoms with Gasteiger partial charge in [0.05, 0.1) is 0 Å². The number of ketones is 1. The molecule has 0 aromatic carbocycles. The monoisotopic (exact) mass is 334 g/mol. The lowest BCUT2D eigenvalue weighted by Crippen LogP contribution is -2.16. The van der Waals surface area contributed by atoms with Crippen molar-refractivity contribution in [3.63, 3.8) is 0 Å². The second-order valence-electron chi connectivity index (χ2n) is 4.49. The Hall–Kier alpha value is 0.110. The number of halogens is 2. The van der Waals surface area contributed by atoms with Crippen molar-refractivity contribution in [3.8, 4) is 0 Å². The van der Waals surface area contributed by atoms with E-state index in [0.717, 1.165) is 17.6 Å². The fraction of sp³-hybridized carbons (Fsp3) is 0.583. The van der Waals surface area contributed by atoms with Crippen molar-refractivity contribution < 1.29 is 4.79 Å². The zero-order chi connectivity index (χ0) is 11.6. The normalized spacial score (nSPS) is 19.9. The van der Waals surface area contributed by atoms with E-state index in [2.05, 4.69) is 45.7 Å². The average molecular weight is 336 g/mol. The van der Waals surface area contributed by atoms with E-state index in [1.807, 2.05) is 19.1 Å². The third-order valence-corrected chi connectivity index (χ3v) is 3.44. The summed E-state index contributed by atoms with van der Waals surface area (Å²) >= 11 is 7.09. The number of carbonyl (C=O) groups excluding carboxylic acids is 1. The molecular weight excluding hydrogens is 320 g/mol. The second kappa shape index (κ2) is 4.96. The number of hydrogen-bond acceptors (Lipinski definition) is 1. The first kappa shape index (κ1) is 13.2. The van der Waals surface area contributed by atoms with Gasteiger partial charge in [0.2, 0.25) is 0 Å². The van der Waals surface area contributed by atoms with Gasteiger partial charge in [0.15, 0.2) is 5.78 Å². The number of allylic oxidation sites excluding steroid dienone is 4. The molecule has 0 aromatic rings. The summed E-state index contributed by atoms with van der Waals surface area (Å²) in [6, 6.07) is 0. The van der Waals surface area contributed by atoms with E-state index in [0.29, 0.717) is 12.3 Å². The van der Waals surface area contributed by atoms with Gasteiger partial charge in [-0.2, -0.15) is 0 Å². The van der Waals surface area contributed by atoms with Crippen molar-refractivity contribution in [1.29, 1.82) is 0 Å². The van der Waals surface area contributed by atoms with Crippen LogP contribution in [0, 0.1) is 5.92 Å². The van der Waals surface area contributed by atoms with Gasteiger partial charge in [-0.15, -0.1) is 0 Å². The summed E-state index contributed by atoms with van der Waals surface area (Å²) in [6.45, 7) is 6.16. The SMILES string of the molecule is CC1=C(C(=O)CC(C)C)C=CC(Br)(Br)C1. The molecule has 0 saturated heterocycles. The Morgan fingerprint density at radius 1 is 1.53 bits per heavy atom. The lowest BCUT2D eigenvalue weighted by molar-refractivity contribution is -0.116. The molecule has 84 valence electrons. The molecule has 3 heteroatoms. The number of rotatable bonds is 3. The van der Waals surface area contributed by atoms with Crippen LogP contribution in [0.4, 0.5) is 0 Å². The van der Waals surface area contributed by atoms with Gasteiger partial charge in [-0.25, -0.2) is 0 Å². The summed E-state index contributed by atoms with van der Waals surface area (Å²) in [7, 11) is 0. The molecule has 1 rings (SSSR count). The number of alkyl halides is 2. The molecule has 0 aromatic heterocycles. The maximum atomic E-state index is 11.9. The van der Waals surface area contributed by atoms with E-state index >= 15 is 0 Å². The van der Waals surface area contributed by atoms with Gasteiger partial charge in [0.25, 0.3) is 0 Å². The second-order valence-corrected chi connectivity index (χ2v) is 8.38. The minimum atomic E-state index is -0.161. The number of carbonyl (C=O) groups is 1. The smallest absolute Gasteiger partial charge is 0.163 e. The molecule has 0 radical (unpaired) electrons. The molecule has 0 unspecified atom stereocenters. The van der Waals surface area contributed by atoms with E-state index in [1.165, 1.54) is 0 Å². The summed E-state index contributed by atoms with van der Waals surface area (Å²) in [5, 5.41) is 0. The Morgan fingerprint density at radius 3 is 2.60 bits per heavy atom. The van der Waals surface area contributed by atoms with Crippen LogP contribution in [0.5, 0.6) is 0 Å². The van der Waals surface area contributed by atoms with Gasteiger partial charge in [-0.05, 0) is 19.3 Å². The largest absolute Gasteiger partial charge is 0.294 e. The maximum absolute atomic E-state index is 11.9. The molecule has 0 aliphatic heterocycles. The summed E-state index contributed by atoms with van der Waals surface area (Å²) in [4.78, 5) is 11.9. The molecule has 0 heterocycles. The highest BCUT2D eigenvalue weighted by molar-refractivity contribution is 9.25. The molecule has 15 heavy (non-hydrogen) atoms. The van der Waals surface area contributed by atoms with Crippen LogP contribution in [-0.4, -0.2) is 9.02 Å². The van der Waals surface area contributed by atoms with Gasteiger partial charge < -0.3 is 0 Å². The summed E-state index contributed by atoms with van der Waals surface area (Å²) in [6.07, 6.45) is 5.39. The highest BCUT2D eigenvalue weighted by Gasteiger charge is 2.26. The van der Waals surface area contributed by atoms with Crippen LogP contribution in [0.2, 0.25) is 0 Å². The molecule has 0 N–H and O–H groups in total. The zero-order valence-electron chi connectivity index (χ0n) is 9.31. The van der Waals surface area contributed by atoms with E-state index in [4.69, 9.17) is 0 Å². The van der Waals surface area contributed by atoms with Crippen molar-refractivity contribution in [1.82, 2.24) is 0 Å². The van der Waals surface area contributed by atoms with Crippen molar-refractivity contribution in [2.45, 2.75) is 36.8 Å². The van der Waals surface area contributed by atoms with Crippen molar-refractivity contribution in [3.05, 3.63) is 23.3 Å². The average Bonchev–Trinajstić information content (AvgIpc) is 1.99. The third kappa shape index (κ3) is 3.87. The van der Waals surface area contributed by atoms with Crippen LogP contribution in [0.25, 0.3) is 0 Å². The molecule has 0 amide bonds. The predicted molar refractivity (Wildman–Crippen MR) is 71.5 cm³/mol. The van der Waals surface area contributed by atoms with E-state index in [-0.39, 0.29) is 9.02 Å². The summed E-state index contributed by atoms with van der Waals surface area (Å²) in [5.74, 6) is 0.681. The number of hydrogen-bond donors (Lipinski definition) is 0. The standard InChI is InChI=1S/C12H16Br2O/c1-8(2)6-11(15)10-4-5-12(13,14)7-9(10)3/h4-5,8H,6-7H2,1-3H3. The molecule has 0 saturated carbocycles. The molecule has 1 aliphatic rings. The van der Waals surface area contributed by atoms with E-state index in [9.17, 15) is 4.79 Å². The molecule has 0 atom stereocenters. The van der Waals surface area contributed by atoms with Crippen LogP contribution in [0.3, 0.4) is 0 Å². The third-order valence-electron chi connectivity index (χ3n) is 2.35. The lowest BCUT2D eigenvalue weighted by Gasteiger charge is -2.23. The predicted octanol–water partition coefficient (Wildman–Crippen LogP) is 4.36. The first-order valence-corrected chi connectivity index (χ1v) is 6.70. The summed E-state index contributed by atoms with van der Waals surface area (Å²) < 4.78 is -0.161. The van der Waals surface area contributed by atoms with Gasteiger partial charge >= 0.3 is 0 Å². The maximum Gasteiger partial charge on any atom is 0.163 e. The fourth-order valence-electron chi connectivity index (χ4n) is 1.67. The van der Waals surface area contributed by atoms with E-state index < -0.39 is 0 Å². The summed E-state index contributed by atoms with van der Waals surface area (Å²) in [5.41, 5.74) is 2.04. The van der Waals surface area contributed by atoms with Gasteiger partial charge in [-0.1, -0.05) is 63.4 Å². The Bertz CT molecular complexity index is 325. The highest BCUT2D eigenvalue weighted by atomic mass is 79.9. The van der Waals surface area contributed by atoms with E-state index in [1.54, 1.807) is 0 Å². The lowest BCUT2D eigenvalue weighted by atomic mass is 9.92. The van der Waals surface area contributed by atoms with Crippen LogP contribution in [0.1, 0.15) is 33.6 Å². The van der Waals surface area contributed by atoms with Crippen LogP contribution >= 0.6 is 31.9 Å². The Kier molecular flexibility index (Phi) is 4.36. The van der Waals surface area contributed by atoms with Crippen molar-refractivity contribution in [2.75, 3.05) is 0 Å². The van der Waals surface area contributed by atoms with Crippen molar-refractivity contribution in [2.24, 2.45) is 5.92 Å². The molecule has 1 aliphatic carbocycles. The molecule has 0 spiro atoms. The minimum absolute atomic E-state index is 0.161. The zero-order valence-corrected chi connectivity index (χ0v) is 12.5. The van der Waals surface area contributed by atoms with Gasteiger partial charge in [0.1, 0.15) is 3.23 Å². The highest BCUT2D eigenvalue weighted by Crippen LogP contribution is 2.39. The van der Waals surface area contributed by atoms with Crippen LogP contribution < -0.4 is 0 Å². The van der Waals surface area contributed by atoms with Crippen LogP contribution in [-0.2, 0) is 4.79 Å². The molecule has 0 fully saturated rings. The van der Waals surface area contributed by atoms with Gasteiger partial charge in [0, 0.05) is 12.0 Å². The first-order chi connectivity index (χ1) is 6.82. The number of Topliss-reactive ketones (excluding diaryl/α,β-unsaturated/α-hetero) is 1.